The van der Waals surface area contributed by atoms with Crippen molar-refractivity contribution >= 4 is 16.8 Å². The lowest BCUT2D eigenvalue weighted by molar-refractivity contribution is 0.364. The van der Waals surface area contributed by atoms with Crippen LogP contribution in [0, 0.1) is 5.92 Å². The van der Waals surface area contributed by atoms with Gasteiger partial charge in [-0.15, -0.1) is 11.8 Å². The van der Waals surface area contributed by atoms with Crippen molar-refractivity contribution in [3.63, 3.8) is 0 Å². The normalized spacial score (nSPS) is 33.7. The van der Waals surface area contributed by atoms with E-state index < -0.39 is 0 Å². The van der Waals surface area contributed by atoms with Crippen LogP contribution in [0.2, 0.25) is 0 Å². The summed E-state index contributed by atoms with van der Waals surface area (Å²) in [6.07, 6.45) is 2.80. The molecule has 2 unspecified atom stereocenters. The molecular formula is C8H15NS. The zero-order valence-electron chi connectivity index (χ0n) is 6.92. The molecule has 0 spiro atoms. The van der Waals surface area contributed by atoms with Crippen molar-refractivity contribution in [3.8, 4) is 0 Å². The van der Waals surface area contributed by atoms with E-state index in [1.165, 1.54) is 17.9 Å². The molecule has 0 aliphatic heterocycles. The minimum Gasteiger partial charge on any atom is -0.287 e. The first kappa shape index (κ1) is 8.12. The second-order valence-corrected chi connectivity index (χ2v) is 4.39. The average Bonchev–Trinajstić information content (AvgIpc) is 1.96. The molecule has 58 valence electrons. The Bertz CT molecular complexity index is 142. The van der Waals surface area contributed by atoms with Crippen molar-refractivity contribution in [1.82, 2.24) is 0 Å². The summed E-state index contributed by atoms with van der Waals surface area (Å²) >= 11 is 1.94. The smallest absolute Gasteiger partial charge is 0.0644 e. The van der Waals surface area contributed by atoms with Crippen molar-refractivity contribution < 1.29 is 0 Å². The Morgan fingerprint density at radius 1 is 1.50 bits per heavy atom. The van der Waals surface area contributed by atoms with Crippen molar-refractivity contribution in [2.45, 2.75) is 31.9 Å². The van der Waals surface area contributed by atoms with E-state index in [1.54, 1.807) is 0 Å². The van der Waals surface area contributed by atoms with E-state index in [-0.39, 0.29) is 0 Å². The van der Waals surface area contributed by atoms with Gasteiger partial charge >= 0.3 is 0 Å². The maximum Gasteiger partial charge on any atom is 0.0644 e. The summed E-state index contributed by atoms with van der Waals surface area (Å²) < 4.78 is 0. The monoisotopic (exact) mass is 157 g/mol. The largest absolute Gasteiger partial charge is 0.287 e. The van der Waals surface area contributed by atoms with Crippen LogP contribution in [0.25, 0.3) is 0 Å². The molecule has 1 saturated carbocycles. The van der Waals surface area contributed by atoms with Crippen LogP contribution < -0.4 is 0 Å². The van der Waals surface area contributed by atoms with Gasteiger partial charge in [-0.25, -0.2) is 0 Å². The van der Waals surface area contributed by atoms with E-state index in [0.717, 1.165) is 11.2 Å². The Morgan fingerprint density at radius 2 is 2.20 bits per heavy atom. The Labute approximate surface area is 67.3 Å². The van der Waals surface area contributed by atoms with Crippen LogP contribution in [0.5, 0.6) is 0 Å². The summed E-state index contributed by atoms with van der Waals surface area (Å²) in [7, 11) is 1.87. The van der Waals surface area contributed by atoms with Crippen LogP contribution in [-0.2, 0) is 0 Å². The molecular weight excluding hydrogens is 142 g/mol. The number of thioether (sulfide) groups is 1. The SMILES string of the molecule is CN=C(C)SC1CCC1C. The van der Waals surface area contributed by atoms with Crippen molar-refractivity contribution in [2.75, 3.05) is 7.05 Å². The molecule has 1 aliphatic rings. The van der Waals surface area contributed by atoms with Crippen LogP contribution in [0.3, 0.4) is 0 Å². The molecule has 0 radical (unpaired) electrons. The molecule has 0 aromatic carbocycles. The topological polar surface area (TPSA) is 12.4 Å². The predicted molar refractivity (Wildman–Crippen MR) is 48.8 cm³/mol. The highest BCUT2D eigenvalue weighted by Crippen LogP contribution is 2.37. The van der Waals surface area contributed by atoms with E-state index >= 15 is 0 Å². The van der Waals surface area contributed by atoms with Gasteiger partial charge in [-0.2, -0.15) is 0 Å². The van der Waals surface area contributed by atoms with Gasteiger partial charge in [-0.3, -0.25) is 4.99 Å². The maximum absolute atomic E-state index is 4.12. The molecule has 0 bridgehead atoms. The predicted octanol–water partition coefficient (Wildman–Crippen LogP) is 2.57. The zero-order chi connectivity index (χ0) is 7.56. The lowest BCUT2D eigenvalue weighted by Gasteiger charge is -2.32. The van der Waals surface area contributed by atoms with E-state index in [0.29, 0.717) is 0 Å². The lowest BCUT2D eigenvalue weighted by Crippen LogP contribution is -2.26. The fraction of sp³-hybridized carbons (Fsp3) is 0.875. The zero-order valence-corrected chi connectivity index (χ0v) is 7.74. The first-order chi connectivity index (χ1) is 4.74. The maximum atomic E-state index is 4.12. The van der Waals surface area contributed by atoms with Gasteiger partial charge in [0.1, 0.15) is 0 Å². The molecule has 2 heteroatoms. The van der Waals surface area contributed by atoms with E-state index in [4.69, 9.17) is 0 Å². The van der Waals surface area contributed by atoms with Gasteiger partial charge in [0.05, 0.1) is 5.04 Å². The molecule has 0 aromatic heterocycles. The third-order valence-corrected chi connectivity index (χ3v) is 3.70. The molecule has 0 saturated heterocycles. The minimum absolute atomic E-state index is 0.865. The van der Waals surface area contributed by atoms with E-state index in [9.17, 15) is 0 Å². The van der Waals surface area contributed by atoms with Crippen LogP contribution in [0.4, 0.5) is 0 Å². The van der Waals surface area contributed by atoms with Crippen LogP contribution in [0.15, 0.2) is 4.99 Å². The first-order valence-electron chi connectivity index (χ1n) is 3.84. The summed E-state index contributed by atoms with van der Waals surface area (Å²) in [5.41, 5.74) is 0. The molecule has 10 heavy (non-hydrogen) atoms. The third kappa shape index (κ3) is 1.75. The molecule has 1 rings (SSSR count). The van der Waals surface area contributed by atoms with Crippen molar-refractivity contribution in [2.24, 2.45) is 10.9 Å². The molecule has 0 amide bonds. The van der Waals surface area contributed by atoms with Gasteiger partial charge < -0.3 is 0 Å². The van der Waals surface area contributed by atoms with Gasteiger partial charge in [-0.05, 0) is 25.7 Å². The number of hydrogen-bond donors (Lipinski definition) is 0. The molecule has 1 aliphatic carbocycles. The summed E-state index contributed by atoms with van der Waals surface area (Å²) in [4.78, 5) is 4.12. The second-order valence-electron chi connectivity index (χ2n) is 2.95. The van der Waals surface area contributed by atoms with Gasteiger partial charge in [-0.1, -0.05) is 6.92 Å². The quantitative estimate of drug-likeness (QED) is 0.421. The molecule has 1 fully saturated rings. The average molecular weight is 157 g/mol. The minimum atomic E-state index is 0.865. The standard InChI is InChI=1S/C8H15NS/c1-6-4-5-8(6)10-7(2)9-3/h6,8H,4-5H2,1-3H3. The summed E-state index contributed by atoms with van der Waals surface area (Å²) in [6, 6.07) is 0. The molecule has 0 aromatic rings. The van der Waals surface area contributed by atoms with E-state index in [1.807, 2.05) is 18.8 Å². The highest BCUT2D eigenvalue weighted by molar-refractivity contribution is 8.14. The summed E-state index contributed by atoms with van der Waals surface area (Å²) in [5, 5.41) is 2.10. The van der Waals surface area contributed by atoms with Crippen molar-refractivity contribution in [1.29, 1.82) is 0 Å². The lowest BCUT2D eigenvalue weighted by atomic mass is 9.87. The molecule has 0 N–H and O–H groups in total. The Morgan fingerprint density at radius 3 is 2.50 bits per heavy atom. The number of aliphatic imine (C=N–C) groups is 1. The fourth-order valence-corrected chi connectivity index (χ4v) is 2.25. The number of nitrogens with zero attached hydrogens (tertiary/aromatic N) is 1. The van der Waals surface area contributed by atoms with Crippen LogP contribution >= 0.6 is 11.8 Å². The molecule has 1 nitrogen and oxygen atoms in total. The summed E-state index contributed by atoms with van der Waals surface area (Å²) in [6.45, 7) is 4.42. The molecule has 2 atom stereocenters. The Hall–Kier alpha value is 0.0200. The second kappa shape index (κ2) is 3.42. The summed E-state index contributed by atoms with van der Waals surface area (Å²) in [5.74, 6) is 0.918. The first-order valence-corrected chi connectivity index (χ1v) is 4.72. The Kier molecular flexibility index (Phi) is 2.78. The van der Waals surface area contributed by atoms with Crippen LogP contribution in [0.1, 0.15) is 26.7 Å². The number of rotatable bonds is 1. The fourth-order valence-electron chi connectivity index (χ4n) is 1.08. The van der Waals surface area contributed by atoms with Gasteiger partial charge in [0.15, 0.2) is 0 Å². The van der Waals surface area contributed by atoms with Gasteiger partial charge in [0.25, 0.3) is 0 Å². The van der Waals surface area contributed by atoms with Gasteiger partial charge in [0, 0.05) is 12.3 Å². The molecule has 0 heterocycles. The van der Waals surface area contributed by atoms with E-state index in [2.05, 4.69) is 18.8 Å². The highest BCUT2D eigenvalue weighted by atomic mass is 32.2. The highest BCUT2D eigenvalue weighted by Gasteiger charge is 2.27. The van der Waals surface area contributed by atoms with Gasteiger partial charge in [0.2, 0.25) is 0 Å². The third-order valence-electron chi connectivity index (χ3n) is 2.18. The van der Waals surface area contributed by atoms with Crippen molar-refractivity contribution in [3.05, 3.63) is 0 Å². The number of hydrogen-bond acceptors (Lipinski definition) is 2. The Balaban J connectivity index is 2.25. The van der Waals surface area contributed by atoms with Crippen LogP contribution in [-0.4, -0.2) is 17.3 Å².